The Morgan fingerprint density at radius 3 is 2.74 bits per heavy atom. The van der Waals surface area contributed by atoms with Crippen LogP contribution in [0.1, 0.15) is 65.2 Å². The summed E-state index contributed by atoms with van der Waals surface area (Å²) in [7, 11) is 0. The first-order chi connectivity index (χ1) is 11.1. The Kier molecular flexibility index (Phi) is 9.24. The first kappa shape index (κ1) is 19.4. The van der Waals surface area contributed by atoms with Crippen LogP contribution in [-0.4, -0.2) is 28.1 Å². The molecule has 0 aliphatic carbocycles. The fourth-order valence-electron chi connectivity index (χ4n) is 2.30. The summed E-state index contributed by atoms with van der Waals surface area (Å²) in [5, 5.41) is 6.46. The normalized spacial score (nSPS) is 13.4. The smallest absolute Gasteiger partial charge is 0.319 e. The van der Waals surface area contributed by atoms with E-state index < -0.39 is 6.55 Å². The molecule has 1 heterocycles. The minimum absolute atomic E-state index is 0.120. The minimum Gasteiger partial charge on any atom is -0.357 e. The van der Waals surface area contributed by atoms with Gasteiger partial charge in [-0.25, -0.2) is 9.98 Å². The second kappa shape index (κ2) is 11.0. The lowest BCUT2D eigenvalue weighted by molar-refractivity contribution is 0.0671. The number of aliphatic imine (C=N–C) groups is 1. The topological polar surface area (TPSA) is 54.2 Å². The number of imidazole rings is 1. The summed E-state index contributed by atoms with van der Waals surface area (Å²) in [6, 6.07) is 0.291. The van der Waals surface area contributed by atoms with Crippen molar-refractivity contribution in [1.82, 2.24) is 20.2 Å². The second-order valence-corrected chi connectivity index (χ2v) is 5.62. The van der Waals surface area contributed by atoms with Gasteiger partial charge in [-0.15, -0.1) is 0 Å². The van der Waals surface area contributed by atoms with Gasteiger partial charge in [-0.05, 0) is 20.3 Å². The maximum Gasteiger partial charge on any atom is 0.319 e. The molecule has 0 saturated carbocycles. The average molecular weight is 329 g/mol. The zero-order valence-electron chi connectivity index (χ0n) is 14.4. The summed E-state index contributed by atoms with van der Waals surface area (Å²) >= 11 is 0. The first-order valence-corrected chi connectivity index (χ1v) is 8.43. The third kappa shape index (κ3) is 7.43. The van der Waals surface area contributed by atoms with Crippen LogP contribution in [0.25, 0.3) is 0 Å². The van der Waals surface area contributed by atoms with Crippen molar-refractivity contribution in [3.8, 4) is 0 Å². The summed E-state index contributed by atoms with van der Waals surface area (Å²) in [5.74, 6) is 0.895. The molecule has 5 nitrogen and oxygen atoms in total. The molecule has 23 heavy (non-hydrogen) atoms. The molecule has 0 spiro atoms. The maximum absolute atomic E-state index is 12.8. The molecule has 0 amide bonds. The second-order valence-electron chi connectivity index (χ2n) is 5.62. The van der Waals surface area contributed by atoms with Gasteiger partial charge in [0.15, 0.2) is 5.96 Å². The summed E-state index contributed by atoms with van der Waals surface area (Å²) < 4.78 is 26.4. The lowest BCUT2D eigenvalue weighted by Crippen LogP contribution is -2.42. The molecule has 1 aromatic rings. The maximum atomic E-state index is 12.8. The van der Waals surface area contributed by atoms with Gasteiger partial charge in [0.2, 0.25) is 0 Å². The van der Waals surface area contributed by atoms with Crippen molar-refractivity contribution in [2.45, 2.75) is 72.0 Å². The molecule has 0 aromatic carbocycles. The molecule has 1 aromatic heterocycles. The van der Waals surface area contributed by atoms with Crippen LogP contribution in [0.3, 0.4) is 0 Å². The van der Waals surface area contributed by atoms with Gasteiger partial charge in [0, 0.05) is 25.0 Å². The Morgan fingerprint density at radius 1 is 1.30 bits per heavy atom. The largest absolute Gasteiger partial charge is 0.357 e. The fourth-order valence-corrected chi connectivity index (χ4v) is 2.30. The number of alkyl halides is 2. The predicted molar refractivity (Wildman–Crippen MR) is 89.7 cm³/mol. The van der Waals surface area contributed by atoms with Crippen LogP contribution in [0.2, 0.25) is 0 Å². The standard InChI is InChI=1S/C16H29F2N5/c1-4-6-7-8-9-13(3)22-16(19-5-2)21-12-14-20-10-11-23(14)15(17)18/h10-11,13,15H,4-9,12H2,1-3H3,(H2,19,21,22). The number of halogens is 2. The number of guanidine groups is 1. The molecule has 0 aliphatic heterocycles. The van der Waals surface area contributed by atoms with Gasteiger partial charge in [-0.3, -0.25) is 4.57 Å². The first-order valence-electron chi connectivity index (χ1n) is 8.43. The van der Waals surface area contributed by atoms with Gasteiger partial charge >= 0.3 is 6.55 Å². The van der Waals surface area contributed by atoms with Crippen molar-refractivity contribution in [3.63, 3.8) is 0 Å². The minimum atomic E-state index is -2.59. The fraction of sp³-hybridized carbons (Fsp3) is 0.750. The number of aromatic nitrogens is 2. The number of rotatable bonds is 10. The molecule has 0 radical (unpaired) electrons. The Bertz CT molecular complexity index is 459. The lowest BCUT2D eigenvalue weighted by Gasteiger charge is -2.17. The number of hydrogen-bond acceptors (Lipinski definition) is 2. The van der Waals surface area contributed by atoms with Crippen LogP contribution in [0.4, 0.5) is 8.78 Å². The Labute approximate surface area is 137 Å². The van der Waals surface area contributed by atoms with Crippen molar-refractivity contribution in [1.29, 1.82) is 0 Å². The summed E-state index contributed by atoms with van der Waals surface area (Å²) in [6.07, 6.45) is 8.61. The highest BCUT2D eigenvalue weighted by Gasteiger charge is 2.11. The molecule has 0 bridgehead atoms. The van der Waals surface area contributed by atoms with Crippen molar-refractivity contribution in [3.05, 3.63) is 18.2 Å². The van der Waals surface area contributed by atoms with Crippen molar-refractivity contribution in [2.24, 2.45) is 4.99 Å². The molecular formula is C16H29F2N5. The van der Waals surface area contributed by atoms with Gasteiger partial charge in [-0.2, -0.15) is 8.78 Å². The van der Waals surface area contributed by atoms with Gasteiger partial charge in [-0.1, -0.05) is 32.6 Å². The van der Waals surface area contributed by atoms with Gasteiger partial charge in [0.1, 0.15) is 12.4 Å². The van der Waals surface area contributed by atoms with Crippen molar-refractivity contribution < 1.29 is 8.78 Å². The van der Waals surface area contributed by atoms with Crippen molar-refractivity contribution in [2.75, 3.05) is 6.54 Å². The Morgan fingerprint density at radius 2 is 2.09 bits per heavy atom. The van der Waals surface area contributed by atoms with Crippen LogP contribution in [0.5, 0.6) is 0 Å². The molecule has 0 saturated heterocycles. The van der Waals surface area contributed by atoms with E-state index in [0.29, 0.717) is 12.0 Å². The summed E-state index contributed by atoms with van der Waals surface area (Å²) in [6.45, 7) is 4.53. The van der Waals surface area contributed by atoms with E-state index in [1.807, 2.05) is 6.92 Å². The van der Waals surface area contributed by atoms with E-state index in [4.69, 9.17) is 0 Å². The SMILES string of the molecule is CCCCCCC(C)NC(=NCc1nccn1C(F)F)NCC. The Hall–Kier alpha value is -1.66. The average Bonchev–Trinajstić information content (AvgIpc) is 2.98. The lowest BCUT2D eigenvalue weighted by atomic mass is 10.1. The van der Waals surface area contributed by atoms with E-state index in [1.54, 1.807) is 0 Å². The highest BCUT2D eigenvalue weighted by Crippen LogP contribution is 2.12. The van der Waals surface area contributed by atoms with Gasteiger partial charge < -0.3 is 10.6 Å². The number of nitrogens with one attached hydrogen (secondary N) is 2. The molecule has 132 valence electrons. The molecule has 1 rings (SSSR count). The zero-order valence-corrected chi connectivity index (χ0v) is 14.4. The van der Waals surface area contributed by atoms with Crippen LogP contribution in [-0.2, 0) is 6.54 Å². The zero-order chi connectivity index (χ0) is 17.1. The Balaban J connectivity index is 2.54. The molecule has 0 fully saturated rings. The molecule has 7 heteroatoms. The van der Waals surface area contributed by atoms with Crippen LogP contribution in [0, 0.1) is 0 Å². The third-order valence-corrected chi connectivity index (χ3v) is 3.56. The highest BCUT2D eigenvalue weighted by atomic mass is 19.3. The summed E-state index contributed by atoms with van der Waals surface area (Å²) in [4.78, 5) is 8.30. The van der Waals surface area contributed by atoms with Gasteiger partial charge in [0.25, 0.3) is 0 Å². The van der Waals surface area contributed by atoms with Crippen LogP contribution < -0.4 is 10.6 Å². The molecular weight excluding hydrogens is 300 g/mol. The van der Waals surface area contributed by atoms with E-state index in [-0.39, 0.29) is 12.4 Å². The van der Waals surface area contributed by atoms with Crippen molar-refractivity contribution >= 4 is 5.96 Å². The van der Waals surface area contributed by atoms with Crippen LogP contribution in [0.15, 0.2) is 17.4 Å². The van der Waals surface area contributed by atoms with E-state index >= 15 is 0 Å². The summed E-state index contributed by atoms with van der Waals surface area (Å²) in [5.41, 5.74) is 0. The van der Waals surface area contributed by atoms with Crippen LogP contribution >= 0.6 is 0 Å². The third-order valence-electron chi connectivity index (χ3n) is 3.56. The molecule has 2 N–H and O–H groups in total. The van der Waals surface area contributed by atoms with Gasteiger partial charge in [0.05, 0.1) is 0 Å². The highest BCUT2D eigenvalue weighted by molar-refractivity contribution is 5.79. The monoisotopic (exact) mass is 329 g/mol. The number of unbranched alkanes of at least 4 members (excludes halogenated alkanes) is 3. The predicted octanol–water partition coefficient (Wildman–Crippen LogP) is 3.69. The quantitative estimate of drug-likeness (QED) is 0.391. The van der Waals surface area contributed by atoms with E-state index in [9.17, 15) is 8.78 Å². The van der Waals surface area contributed by atoms with E-state index in [2.05, 4.69) is 34.5 Å². The number of hydrogen-bond donors (Lipinski definition) is 2. The van der Waals surface area contributed by atoms with E-state index in [1.165, 1.54) is 38.1 Å². The number of nitrogens with zero attached hydrogens (tertiary/aromatic N) is 3. The molecule has 0 aliphatic rings. The molecule has 1 atom stereocenters. The van der Waals surface area contributed by atoms with E-state index in [0.717, 1.165) is 17.5 Å². The molecule has 1 unspecified atom stereocenters.